The molecule has 78 valence electrons. The lowest BCUT2D eigenvalue weighted by Crippen LogP contribution is -2.31. The van der Waals surface area contributed by atoms with Gasteiger partial charge in [-0.3, -0.25) is 4.79 Å². The number of rotatable bonds is 5. The highest BCUT2D eigenvalue weighted by molar-refractivity contribution is 7.88. The number of sulfonamides is 1. The Morgan fingerprint density at radius 1 is 1.46 bits per heavy atom. The second-order valence-electron chi connectivity index (χ2n) is 2.58. The number of ether oxygens (including phenoxy) is 1. The molecule has 0 aromatic carbocycles. The molecule has 0 aliphatic rings. The first-order valence-corrected chi connectivity index (χ1v) is 5.78. The second-order valence-corrected chi connectivity index (χ2v) is 4.56. The zero-order valence-corrected chi connectivity index (χ0v) is 8.93. The molecule has 0 fully saturated rings. The summed E-state index contributed by atoms with van der Waals surface area (Å²) in [6.07, 6.45) is 1.21. The Morgan fingerprint density at radius 3 is 2.31 bits per heavy atom. The van der Waals surface area contributed by atoms with Crippen LogP contribution in [-0.4, -0.2) is 45.1 Å². The molecule has 0 aromatic rings. The molecule has 0 saturated carbocycles. The van der Waals surface area contributed by atoms with E-state index in [1.807, 2.05) is 0 Å². The van der Waals surface area contributed by atoms with Gasteiger partial charge < -0.3 is 4.74 Å². The third-order valence-corrected chi connectivity index (χ3v) is 2.99. The number of nitrogens with zero attached hydrogens (tertiary/aromatic N) is 1. The second kappa shape index (κ2) is 5.18. The van der Waals surface area contributed by atoms with Crippen LogP contribution in [0.5, 0.6) is 0 Å². The molecule has 0 aliphatic carbocycles. The van der Waals surface area contributed by atoms with Crippen LogP contribution in [0.15, 0.2) is 0 Å². The topological polar surface area (TPSA) is 63.7 Å². The fourth-order valence-electron chi connectivity index (χ4n) is 0.876. The Kier molecular flexibility index (Phi) is 4.94. The van der Waals surface area contributed by atoms with E-state index in [9.17, 15) is 13.2 Å². The minimum Gasteiger partial charge on any atom is -0.469 e. The minimum atomic E-state index is -3.19. The smallest absolute Gasteiger partial charge is 0.306 e. The number of carbonyl (C=O) groups excluding carboxylic acids is 1. The third kappa shape index (κ3) is 4.84. The van der Waals surface area contributed by atoms with Gasteiger partial charge in [-0.15, -0.1) is 0 Å². The van der Waals surface area contributed by atoms with Crippen LogP contribution in [0.4, 0.5) is 0 Å². The van der Waals surface area contributed by atoms with Crippen molar-refractivity contribution >= 4 is 16.0 Å². The zero-order chi connectivity index (χ0) is 10.5. The van der Waals surface area contributed by atoms with Crippen LogP contribution < -0.4 is 0 Å². The Balaban J connectivity index is 4.09. The summed E-state index contributed by atoms with van der Waals surface area (Å²) < 4.78 is 27.7. The average Bonchev–Trinajstić information content (AvgIpc) is 2.02. The predicted octanol–water partition coefficient (Wildman–Crippen LogP) is -0.169. The summed E-state index contributed by atoms with van der Waals surface area (Å²) in [6, 6.07) is 0. The standard InChI is InChI=1S/C7H15NO4S/c1-4-8(13(3,10)11)6-5-7(9)12-2/h4-6H2,1-3H3. The highest BCUT2D eigenvalue weighted by Crippen LogP contribution is 1.99. The quantitative estimate of drug-likeness (QED) is 0.590. The van der Waals surface area contributed by atoms with Crippen LogP contribution in [0.1, 0.15) is 13.3 Å². The number of esters is 1. The van der Waals surface area contributed by atoms with Crippen molar-refractivity contribution in [1.29, 1.82) is 0 Å². The van der Waals surface area contributed by atoms with E-state index in [1.165, 1.54) is 11.4 Å². The predicted molar refractivity (Wildman–Crippen MR) is 48.7 cm³/mol. The Morgan fingerprint density at radius 2 is 2.00 bits per heavy atom. The molecule has 5 nitrogen and oxygen atoms in total. The summed E-state index contributed by atoms with van der Waals surface area (Å²) in [4.78, 5) is 10.7. The van der Waals surface area contributed by atoms with Crippen LogP contribution in [0.3, 0.4) is 0 Å². The Labute approximate surface area is 78.7 Å². The molecule has 0 bridgehead atoms. The molecule has 0 rings (SSSR count). The maximum Gasteiger partial charge on any atom is 0.306 e. The zero-order valence-electron chi connectivity index (χ0n) is 8.11. The molecule has 0 radical (unpaired) electrons. The highest BCUT2D eigenvalue weighted by atomic mass is 32.2. The number of methoxy groups -OCH3 is 1. The van der Waals surface area contributed by atoms with E-state index < -0.39 is 16.0 Å². The molecule has 0 saturated heterocycles. The lowest BCUT2D eigenvalue weighted by atomic mass is 10.4. The van der Waals surface area contributed by atoms with E-state index >= 15 is 0 Å². The van der Waals surface area contributed by atoms with E-state index in [-0.39, 0.29) is 13.0 Å². The van der Waals surface area contributed by atoms with Crippen LogP contribution in [0.25, 0.3) is 0 Å². The van der Waals surface area contributed by atoms with Gasteiger partial charge in [0.25, 0.3) is 0 Å². The SMILES string of the molecule is CCN(CCC(=O)OC)S(C)(=O)=O. The van der Waals surface area contributed by atoms with Crippen molar-refractivity contribution in [3.05, 3.63) is 0 Å². The Hall–Kier alpha value is -0.620. The van der Waals surface area contributed by atoms with Gasteiger partial charge in [-0.1, -0.05) is 6.92 Å². The van der Waals surface area contributed by atoms with Crippen molar-refractivity contribution in [2.45, 2.75) is 13.3 Å². The molecular formula is C7H15NO4S. The molecular weight excluding hydrogens is 194 g/mol. The fraction of sp³-hybridized carbons (Fsp3) is 0.857. The van der Waals surface area contributed by atoms with E-state index in [1.54, 1.807) is 6.92 Å². The molecule has 0 heterocycles. The molecule has 0 atom stereocenters. The molecule has 0 aromatic heterocycles. The number of hydrogen-bond donors (Lipinski definition) is 0. The summed E-state index contributed by atoms with van der Waals surface area (Å²) >= 11 is 0. The van der Waals surface area contributed by atoms with Gasteiger partial charge in [0.1, 0.15) is 0 Å². The molecule has 0 spiro atoms. The van der Waals surface area contributed by atoms with Gasteiger partial charge in [0, 0.05) is 13.1 Å². The molecule has 13 heavy (non-hydrogen) atoms. The van der Waals surface area contributed by atoms with Gasteiger partial charge in [-0.05, 0) is 0 Å². The summed E-state index contributed by atoms with van der Waals surface area (Å²) in [7, 11) is -1.92. The fourth-order valence-corrected chi connectivity index (χ4v) is 1.77. The number of carbonyl (C=O) groups is 1. The minimum absolute atomic E-state index is 0.0947. The Bertz CT molecular complexity index is 260. The van der Waals surface area contributed by atoms with Gasteiger partial charge in [0.15, 0.2) is 0 Å². The van der Waals surface area contributed by atoms with Gasteiger partial charge in [-0.25, -0.2) is 12.7 Å². The lowest BCUT2D eigenvalue weighted by molar-refractivity contribution is -0.140. The third-order valence-electron chi connectivity index (χ3n) is 1.61. The normalized spacial score (nSPS) is 11.7. The van der Waals surface area contributed by atoms with E-state index in [4.69, 9.17) is 0 Å². The largest absolute Gasteiger partial charge is 0.469 e. The van der Waals surface area contributed by atoms with Gasteiger partial charge in [0.05, 0.1) is 19.8 Å². The summed E-state index contributed by atoms with van der Waals surface area (Å²) in [5.74, 6) is -0.401. The molecule has 0 aliphatic heterocycles. The maximum atomic E-state index is 11.0. The van der Waals surface area contributed by atoms with E-state index in [0.717, 1.165) is 6.26 Å². The van der Waals surface area contributed by atoms with Gasteiger partial charge in [-0.2, -0.15) is 0 Å². The first-order valence-electron chi connectivity index (χ1n) is 3.93. The molecule has 6 heteroatoms. The first-order chi connectivity index (χ1) is 5.91. The van der Waals surface area contributed by atoms with E-state index in [0.29, 0.717) is 6.54 Å². The van der Waals surface area contributed by atoms with Crippen molar-refractivity contribution in [3.63, 3.8) is 0 Å². The monoisotopic (exact) mass is 209 g/mol. The van der Waals surface area contributed by atoms with Crippen molar-refractivity contribution < 1.29 is 17.9 Å². The van der Waals surface area contributed by atoms with Crippen molar-refractivity contribution in [2.75, 3.05) is 26.5 Å². The van der Waals surface area contributed by atoms with Crippen LogP contribution in [0.2, 0.25) is 0 Å². The van der Waals surface area contributed by atoms with Crippen molar-refractivity contribution in [1.82, 2.24) is 4.31 Å². The van der Waals surface area contributed by atoms with Gasteiger partial charge in [0.2, 0.25) is 10.0 Å². The maximum absolute atomic E-state index is 11.0. The summed E-state index contributed by atoms with van der Waals surface area (Å²) in [5, 5.41) is 0. The lowest BCUT2D eigenvalue weighted by Gasteiger charge is -2.16. The average molecular weight is 209 g/mol. The van der Waals surface area contributed by atoms with Crippen LogP contribution in [0, 0.1) is 0 Å². The first kappa shape index (κ1) is 12.4. The number of hydrogen-bond acceptors (Lipinski definition) is 4. The van der Waals surface area contributed by atoms with Crippen molar-refractivity contribution in [2.24, 2.45) is 0 Å². The molecule has 0 N–H and O–H groups in total. The highest BCUT2D eigenvalue weighted by Gasteiger charge is 2.15. The summed E-state index contributed by atoms with van der Waals surface area (Å²) in [5.41, 5.74) is 0. The van der Waals surface area contributed by atoms with Crippen LogP contribution in [-0.2, 0) is 19.6 Å². The molecule has 0 unspecified atom stereocenters. The van der Waals surface area contributed by atoms with Gasteiger partial charge >= 0.3 is 5.97 Å². The molecule has 0 amide bonds. The van der Waals surface area contributed by atoms with E-state index in [2.05, 4.69) is 4.74 Å². The van der Waals surface area contributed by atoms with Crippen molar-refractivity contribution in [3.8, 4) is 0 Å². The summed E-state index contributed by atoms with van der Waals surface area (Å²) in [6.45, 7) is 2.27. The van der Waals surface area contributed by atoms with Crippen LogP contribution >= 0.6 is 0 Å².